The van der Waals surface area contributed by atoms with Gasteiger partial charge in [0.05, 0.1) is 24.9 Å². The molecule has 0 aliphatic heterocycles. The van der Waals surface area contributed by atoms with Gasteiger partial charge in [-0.1, -0.05) is 24.3 Å². The molecule has 5 aromatic rings. The Hall–Kier alpha value is -4.85. The fourth-order valence-electron chi connectivity index (χ4n) is 4.30. The van der Waals surface area contributed by atoms with Gasteiger partial charge < -0.3 is 24.2 Å². The molecule has 0 bridgehead atoms. The lowest BCUT2D eigenvalue weighted by Crippen LogP contribution is -2.18. The Labute approximate surface area is 218 Å². The molecule has 0 saturated carbocycles. The lowest BCUT2D eigenvalue weighted by atomic mass is 10.0. The maximum absolute atomic E-state index is 13.2. The molecule has 38 heavy (non-hydrogen) atoms. The Morgan fingerprint density at radius 1 is 0.895 bits per heavy atom. The van der Waals surface area contributed by atoms with Gasteiger partial charge in [0, 0.05) is 22.0 Å². The highest BCUT2D eigenvalue weighted by molar-refractivity contribution is 6.15. The number of amides is 2. The second kappa shape index (κ2) is 10.3. The highest BCUT2D eigenvalue weighted by Crippen LogP contribution is 2.32. The summed E-state index contributed by atoms with van der Waals surface area (Å²) in [5, 5.41) is 7.12. The van der Waals surface area contributed by atoms with E-state index in [0.29, 0.717) is 22.2 Å². The van der Waals surface area contributed by atoms with Gasteiger partial charge in [0.2, 0.25) is 11.7 Å². The van der Waals surface area contributed by atoms with Crippen LogP contribution in [0.15, 0.2) is 75.8 Å². The van der Waals surface area contributed by atoms with Crippen LogP contribution < -0.4 is 10.6 Å². The van der Waals surface area contributed by atoms with Gasteiger partial charge in [0.15, 0.2) is 0 Å². The average Bonchev–Trinajstić information content (AvgIpc) is 3.48. The standard InChI is InChI=1S/C30H26N2O6/c1-4-36-30(35)19-10-12-21(13-11-19)31-29(34)28-26(23-7-5-6-8-24(23)38-28)32-25(33)15-20-16-37-27-18(3)17(2)9-14-22(20)27/h5-14,16H,4,15H2,1-3H3,(H,31,34)(H,32,33). The van der Waals surface area contributed by atoms with Gasteiger partial charge >= 0.3 is 5.97 Å². The quantitative estimate of drug-likeness (QED) is 0.245. The first kappa shape index (κ1) is 24.8. The zero-order chi connectivity index (χ0) is 26.8. The van der Waals surface area contributed by atoms with E-state index in [2.05, 4.69) is 10.6 Å². The molecule has 192 valence electrons. The SMILES string of the molecule is CCOC(=O)c1ccc(NC(=O)c2oc3ccccc3c2NC(=O)Cc2coc3c(C)c(C)ccc23)cc1. The second-order valence-electron chi connectivity index (χ2n) is 8.92. The fourth-order valence-corrected chi connectivity index (χ4v) is 4.30. The largest absolute Gasteiger partial charge is 0.464 e. The van der Waals surface area contributed by atoms with Crippen LogP contribution in [0.4, 0.5) is 11.4 Å². The van der Waals surface area contributed by atoms with Crippen molar-refractivity contribution in [3.05, 3.63) is 94.9 Å². The first-order valence-corrected chi connectivity index (χ1v) is 12.2. The Balaban J connectivity index is 1.39. The molecule has 0 aliphatic carbocycles. The van der Waals surface area contributed by atoms with E-state index in [1.54, 1.807) is 61.7 Å². The van der Waals surface area contributed by atoms with Crippen LogP contribution in [0.3, 0.4) is 0 Å². The summed E-state index contributed by atoms with van der Waals surface area (Å²) in [6.45, 7) is 6.00. The molecule has 3 aromatic carbocycles. The first-order valence-electron chi connectivity index (χ1n) is 12.2. The monoisotopic (exact) mass is 510 g/mol. The minimum atomic E-state index is -0.541. The maximum Gasteiger partial charge on any atom is 0.338 e. The molecular weight excluding hydrogens is 484 g/mol. The number of benzene rings is 3. The summed E-state index contributed by atoms with van der Waals surface area (Å²) in [4.78, 5) is 38.2. The molecular formula is C30H26N2O6. The minimum Gasteiger partial charge on any atom is -0.464 e. The van der Waals surface area contributed by atoms with Crippen LogP contribution in [0.5, 0.6) is 0 Å². The van der Waals surface area contributed by atoms with Gasteiger partial charge in [-0.05, 0) is 68.3 Å². The van der Waals surface area contributed by atoms with E-state index in [1.165, 1.54) is 0 Å². The average molecular weight is 511 g/mol. The van der Waals surface area contributed by atoms with Crippen molar-refractivity contribution >= 4 is 51.1 Å². The molecule has 0 aliphatic rings. The van der Waals surface area contributed by atoms with Crippen LogP contribution in [-0.4, -0.2) is 24.4 Å². The Morgan fingerprint density at radius 2 is 1.66 bits per heavy atom. The van der Waals surface area contributed by atoms with Crippen LogP contribution in [0, 0.1) is 13.8 Å². The second-order valence-corrected chi connectivity index (χ2v) is 8.92. The fraction of sp³-hybridized carbons (Fsp3) is 0.167. The molecule has 0 saturated heterocycles. The summed E-state index contributed by atoms with van der Waals surface area (Å²) < 4.78 is 16.6. The molecule has 8 heteroatoms. The van der Waals surface area contributed by atoms with Crippen LogP contribution in [0.2, 0.25) is 0 Å². The predicted octanol–water partition coefficient (Wildman–Crippen LogP) is 6.41. The number of carbonyl (C=O) groups excluding carboxylic acids is 3. The molecule has 2 N–H and O–H groups in total. The molecule has 0 fully saturated rings. The van der Waals surface area contributed by atoms with Crippen LogP contribution in [0.1, 0.15) is 44.5 Å². The van der Waals surface area contributed by atoms with Crippen molar-refractivity contribution in [3.8, 4) is 0 Å². The predicted molar refractivity (Wildman–Crippen MR) is 145 cm³/mol. The summed E-state index contributed by atoms with van der Waals surface area (Å²) in [7, 11) is 0. The number of fused-ring (bicyclic) bond motifs is 2. The van der Waals surface area contributed by atoms with Crippen molar-refractivity contribution in [1.82, 2.24) is 0 Å². The number of nitrogens with one attached hydrogen (secondary N) is 2. The number of rotatable bonds is 7. The van der Waals surface area contributed by atoms with Crippen molar-refractivity contribution in [2.24, 2.45) is 0 Å². The van der Waals surface area contributed by atoms with Gasteiger partial charge in [-0.15, -0.1) is 0 Å². The lowest BCUT2D eigenvalue weighted by Gasteiger charge is -2.08. The van der Waals surface area contributed by atoms with E-state index in [0.717, 1.165) is 27.7 Å². The lowest BCUT2D eigenvalue weighted by molar-refractivity contribution is -0.115. The molecule has 2 aromatic heterocycles. The van der Waals surface area contributed by atoms with Gasteiger partial charge in [-0.3, -0.25) is 9.59 Å². The Morgan fingerprint density at radius 3 is 2.42 bits per heavy atom. The number of hydrogen-bond acceptors (Lipinski definition) is 6. The first-order chi connectivity index (χ1) is 18.4. The maximum atomic E-state index is 13.2. The molecule has 0 unspecified atom stereocenters. The highest BCUT2D eigenvalue weighted by atomic mass is 16.5. The van der Waals surface area contributed by atoms with E-state index >= 15 is 0 Å². The van der Waals surface area contributed by atoms with E-state index in [4.69, 9.17) is 13.6 Å². The van der Waals surface area contributed by atoms with Crippen molar-refractivity contribution < 1.29 is 28.0 Å². The third-order valence-electron chi connectivity index (χ3n) is 6.41. The highest BCUT2D eigenvalue weighted by Gasteiger charge is 2.23. The smallest absolute Gasteiger partial charge is 0.338 e. The van der Waals surface area contributed by atoms with Gasteiger partial charge in [-0.25, -0.2) is 4.79 Å². The number of aryl methyl sites for hydroxylation is 2. The third kappa shape index (κ3) is 4.76. The zero-order valence-electron chi connectivity index (χ0n) is 21.2. The Kier molecular flexibility index (Phi) is 6.70. The van der Waals surface area contributed by atoms with Crippen molar-refractivity contribution in [1.29, 1.82) is 0 Å². The number of anilines is 2. The van der Waals surface area contributed by atoms with Crippen LogP contribution in [0.25, 0.3) is 21.9 Å². The van der Waals surface area contributed by atoms with Crippen molar-refractivity contribution in [3.63, 3.8) is 0 Å². The zero-order valence-corrected chi connectivity index (χ0v) is 21.2. The summed E-state index contributed by atoms with van der Waals surface area (Å²) in [5.41, 5.74) is 5.23. The van der Waals surface area contributed by atoms with Gasteiger partial charge in [-0.2, -0.15) is 0 Å². The van der Waals surface area contributed by atoms with E-state index in [-0.39, 0.29) is 30.4 Å². The summed E-state index contributed by atoms with van der Waals surface area (Å²) in [5.74, 6) is -1.33. The third-order valence-corrected chi connectivity index (χ3v) is 6.41. The van der Waals surface area contributed by atoms with Crippen LogP contribution in [-0.2, 0) is 16.0 Å². The van der Waals surface area contributed by atoms with E-state index < -0.39 is 11.9 Å². The number of furan rings is 2. The number of hydrogen-bond donors (Lipinski definition) is 2. The van der Waals surface area contributed by atoms with E-state index in [1.807, 2.05) is 26.0 Å². The summed E-state index contributed by atoms with van der Waals surface area (Å²) >= 11 is 0. The number of para-hydroxylation sites is 1. The molecule has 5 rings (SSSR count). The number of carbonyl (C=O) groups is 3. The molecule has 2 amide bonds. The van der Waals surface area contributed by atoms with Crippen molar-refractivity contribution in [2.75, 3.05) is 17.2 Å². The normalized spacial score (nSPS) is 11.0. The Bertz CT molecular complexity index is 1680. The summed E-state index contributed by atoms with van der Waals surface area (Å²) in [6.07, 6.45) is 1.66. The van der Waals surface area contributed by atoms with Gasteiger partial charge in [0.25, 0.3) is 5.91 Å². The number of ether oxygens (including phenoxy) is 1. The molecule has 8 nitrogen and oxygen atoms in total. The van der Waals surface area contributed by atoms with Crippen molar-refractivity contribution in [2.45, 2.75) is 27.2 Å². The van der Waals surface area contributed by atoms with Gasteiger partial charge in [0.1, 0.15) is 16.9 Å². The molecule has 0 spiro atoms. The molecule has 0 atom stereocenters. The van der Waals surface area contributed by atoms with Crippen LogP contribution >= 0.6 is 0 Å². The molecule has 0 radical (unpaired) electrons. The molecule has 2 heterocycles. The van der Waals surface area contributed by atoms with E-state index in [9.17, 15) is 14.4 Å². The topological polar surface area (TPSA) is 111 Å². The number of esters is 1. The summed E-state index contributed by atoms with van der Waals surface area (Å²) in [6, 6.07) is 17.4. The minimum absolute atomic E-state index is 0.0301.